The SMILES string of the molecule is O=C(CCO)c1ccc(C2CCCCC2)cc1. The highest BCUT2D eigenvalue weighted by Gasteiger charge is 2.15. The minimum absolute atomic E-state index is 0.0303. The molecule has 17 heavy (non-hydrogen) atoms. The molecule has 0 heterocycles. The minimum atomic E-state index is -0.0663. The van der Waals surface area contributed by atoms with Crippen molar-refractivity contribution in [1.82, 2.24) is 0 Å². The van der Waals surface area contributed by atoms with E-state index in [1.165, 1.54) is 37.7 Å². The third kappa shape index (κ3) is 3.16. The smallest absolute Gasteiger partial charge is 0.165 e. The van der Waals surface area contributed by atoms with Crippen LogP contribution < -0.4 is 0 Å². The largest absolute Gasteiger partial charge is 0.396 e. The lowest BCUT2D eigenvalue weighted by Gasteiger charge is -2.22. The maximum Gasteiger partial charge on any atom is 0.165 e. The van der Waals surface area contributed by atoms with Crippen LogP contribution >= 0.6 is 0 Å². The predicted molar refractivity (Wildman–Crippen MR) is 68.3 cm³/mol. The Balaban J connectivity index is 2.04. The fourth-order valence-corrected chi connectivity index (χ4v) is 2.62. The van der Waals surface area contributed by atoms with Gasteiger partial charge in [0.2, 0.25) is 0 Å². The van der Waals surface area contributed by atoms with Crippen molar-refractivity contribution in [3.63, 3.8) is 0 Å². The molecule has 1 aromatic carbocycles. The molecule has 0 saturated heterocycles. The average molecular weight is 232 g/mol. The first kappa shape index (κ1) is 12.3. The number of aliphatic hydroxyl groups excluding tert-OH is 1. The molecular formula is C15H20O2. The summed E-state index contributed by atoms with van der Waals surface area (Å²) < 4.78 is 0. The zero-order chi connectivity index (χ0) is 12.1. The summed E-state index contributed by atoms with van der Waals surface area (Å²) in [5.41, 5.74) is 2.09. The van der Waals surface area contributed by atoms with Gasteiger partial charge in [0.05, 0.1) is 6.61 Å². The highest BCUT2D eigenvalue weighted by Crippen LogP contribution is 2.32. The lowest BCUT2D eigenvalue weighted by molar-refractivity contribution is 0.0956. The van der Waals surface area contributed by atoms with E-state index in [1.54, 1.807) is 0 Å². The lowest BCUT2D eigenvalue weighted by Crippen LogP contribution is -2.06. The van der Waals surface area contributed by atoms with Crippen LogP contribution in [0.1, 0.15) is 60.4 Å². The van der Waals surface area contributed by atoms with Crippen LogP contribution in [0.5, 0.6) is 0 Å². The summed E-state index contributed by atoms with van der Waals surface area (Å²) in [6.07, 6.45) is 6.81. The Kier molecular flexibility index (Phi) is 4.32. The molecule has 0 bridgehead atoms. The number of rotatable bonds is 4. The Bertz CT molecular complexity index is 361. The molecule has 1 saturated carbocycles. The molecule has 0 spiro atoms. The van der Waals surface area contributed by atoms with Crippen LogP contribution in [-0.4, -0.2) is 17.5 Å². The van der Waals surface area contributed by atoms with Crippen molar-refractivity contribution in [2.24, 2.45) is 0 Å². The Morgan fingerprint density at radius 1 is 1.12 bits per heavy atom. The summed E-state index contributed by atoms with van der Waals surface area (Å²) in [4.78, 5) is 11.6. The third-order valence-electron chi connectivity index (χ3n) is 3.65. The van der Waals surface area contributed by atoms with Gasteiger partial charge < -0.3 is 5.11 Å². The van der Waals surface area contributed by atoms with Gasteiger partial charge >= 0.3 is 0 Å². The quantitative estimate of drug-likeness (QED) is 0.809. The molecule has 1 fully saturated rings. The van der Waals surface area contributed by atoms with Crippen molar-refractivity contribution in [1.29, 1.82) is 0 Å². The highest BCUT2D eigenvalue weighted by atomic mass is 16.3. The van der Waals surface area contributed by atoms with Gasteiger partial charge in [0.25, 0.3) is 0 Å². The zero-order valence-corrected chi connectivity index (χ0v) is 10.2. The number of benzene rings is 1. The van der Waals surface area contributed by atoms with Crippen molar-refractivity contribution in [2.75, 3.05) is 6.61 Å². The molecule has 0 amide bonds. The normalized spacial score (nSPS) is 17.0. The second kappa shape index (κ2) is 5.97. The number of carbonyl (C=O) groups excluding carboxylic acids is 1. The molecule has 2 heteroatoms. The molecule has 1 aliphatic rings. The fourth-order valence-electron chi connectivity index (χ4n) is 2.62. The Morgan fingerprint density at radius 3 is 2.35 bits per heavy atom. The topological polar surface area (TPSA) is 37.3 Å². The fraction of sp³-hybridized carbons (Fsp3) is 0.533. The summed E-state index contributed by atoms with van der Waals surface area (Å²) in [6.45, 7) is -0.0663. The first-order valence-corrected chi connectivity index (χ1v) is 6.55. The molecule has 1 aromatic rings. The van der Waals surface area contributed by atoms with Crippen molar-refractivity contribution in [3.05, 3.63) is 35.4 Å². The lowest BCUT2D eigenvalue weighted by atomic mass is 9.84. The second-order valence-electron chi connectivity index (χ2n) is 4.85. The number of aliphatic hydroxyl groups is 1. The predicted octanol–water partition coefficient (Wildman–Crippen LogP) is 3.30. The average Bonchev–Trinajstić information content (AvgIpc) is 2.40. The summed E-state index contributed by atoms with van der Waals surface area (Å²) >= 11 is 0. The molecular weight excluding hydrogens is 212 g/mol. The van der Waals surface area contributed by atoms with E-state index in [9.17, 15) is 4.79 Å². The first-order valence-electron chi connectivity index (χ1n) is 6.55. The Hall–Kier alpha value is -1.15. The van der Waals surface area contributed by atoms with Crippen LogP contribution in [-0.2, 0) is 0 Å². The number of ketones is 1. The molecule has 0 aromatic heterocycles. The number of hydrogen-bond donors (Lipinski definition) is 1. The zero-order valence-electron chi connectivity index (χ0n) is 10.2. The van der Waals surface area contributed by atoms with Gasteiger partial charge in [-0.3, -0.25) is 4.79 Å². The minimum Gasteiger partial charge on any atom is -0.396 e. The first-order chi connectivity index (χ1) is 8.31. The maximum absolute atomic E-state index is 11.6. The van der Waals surface area contributed by atoms with E-state index in [4.69, 9.17) is 5.11 Å². The molecule has 1 aliphatic carbocycles. The van der Waals surface area contributed by atoms with Crippen LogP contribution in [0, 0.1) is 0 Å². The Morgan fingerprint density at radius 2 is 1.76 bits per heavy atom. The summed E-state index contributed by atoms with van der Waals surface area (Å²) in [6, 6.07) is 7.98. The molecule has 0 aliphatic heterocycles. The van der Waals surface area contributed by atoms with E-state index in [-0.39, 0.29) is 18.8 Å². The Labute approximate surface area is 103 Å². The highest BCUT2D eigenvalue weighted by molar-refractivity contribution is 5.96. The van der Waals surface area contributed by atoms with Gasteiger partial charge in [0.15, 0.2) is 5.78 Å². The van der Waals surface area contributed by atoms with Crippen molar-refractivity contribution < 1.29 is 9.90 Å². The van der Waals surface area contributed by atoms with Crippen molar-refractivity contribution in [2.45, 2.75) is 44.4 Å². The van der Waals surface area contributed by atoms with E-state index in [0.29, 0.717) is 5.92 Å². The van der Waals surface area contributed by atoms with E-state index < -0.39 is 0 Å². The van der Waals surface area contributed by atoms with Gasteiger partial charge in [-0.25, -0.2) is 0 Å². The standard InChI is InChI=1S/C15H20O2/c16-11-10-15(17)14-8-6-13(7-9-14)12-4-2-1-3-5-12/h6-9,12,16H,1-5,10-11H2. The number of carbonyl (C=O) groups is 1. The van der Waals surface area contributed by atoms with E-state index in [2.05, 4.69) is 12.1 Å². The monoisotopic (exact) mass is 232 g/mol. The van der Waals surface area contributed by atoms with Crippen molar-refractivity contribution >= 4 is 5.78 Å². The molecule has 0 radical (unpaired) electrons. The number of Topliss-reactive ketones (excluding diaryl/α,β-unsaturated/α-hetero) is 1. The van der Waals surface area contributed by atoms with Crippen molar-refractivity contribution in [3.8, 4) is 0 Å². The van der Waals surface area contributed by atoms with Gasteiger partial charge in [0.1, 0.15) is 0 Å². The molecule has 0 atom stereocenters. The summed E-state index contributed by atoms with van der Waals surface area (Å²) in [7, 11) is 0. The number of hydrogen-bond acceptors (Lipinski definition) is 2. The van der Waals surface area contributed by atoms with Crippen LogP contribution in [0.25, 0.3) is 0 Å². The summed E-state index contributed by atoms with van der Waals surface area (Å²) in [5.74, 6) is 0.716. The molecule has 1 N–H and O–H groups in total. The van der Waals surface area contributed by atoms with Gasteiger partial charge in [-0.15, -0.1) is 0 Å². The van der Waals surface area contributed by atoms with Crippen LogP contribution in [0.2, 0.25) is 0 Å². The molecule has 0 unspecified atom stereocenters. The van der Waals surface area contributed by atoms with Gasteiger partial charge in [0, 0.05) is 12.0 Å². The molecule has 2 nitrogen and oxygen atoms in total. The second-order valence-corrected chi connectivity index (χ2v) is 4.85. The van der Waals surface area contributed by atoms with Gasteiger partial charge in [-0.05, 0) is 24.3 Å². The van der Waals surface area contributed by atoms with E-state index in [0.717, 1.165) is 5.56 Å². The maximum atomic E-state index is 11.6. The van der Waals surface area contributed by atoms with E-state index in [1.807, 2.05) is 12.1 Å². The van der Waals surface area contributed by atoms with Gasteiger partial charge in [-0.1, -0.05) is 43.5 Å². The van der Waals surface area contributed by atoms with Gasteiger partial charge in [-0.2, -0.15) is 0 Å². The molecule has 92 valence electrons. The summed E-state index contributed by atoms with van der Waals surface area (Å²) in [5, 5.41) is 8.74. The van der Waals surface area contributed by atoms with Crippen LogP contribution in [0.4, 0.5) is 0 Å². The van der Waals surface area contributed by atoms with E-state index >= 15 is 0 Å². The molecule has 2 rings (SSSR count). The van der Waals surface area contributed by atoms with Crippen LogP contribution in [0.15, 0.2) is 24.3 Å². The van der Waals surface area contributed by atoms with Crippen LogP contribution in [0.3, 0.4) is 0 Å². The third-order valence-corrected chi connectivity index (χ3v) is 3.65.